The average molecular weight is 434 g/mol. The predicted octanol–water partition coefficient (Wildman–Crippen LogP) is 3.75. The van der Waals surface area contributed by atoms with Gasteiger partial charge in [0.05, 0.1) is 33.4 Å². The van der Waals surface area contributed by atoms with Crippen molar-refractivity contribution in [2.24, 2.45) is 4.99 Å². The first-order valence-electron chi connectivity index (χ1n) is 10.3. The summed E-state index contributed by atoms with van der Waals surface area (Å²) in [6.07, 6.45) is 5.65. The SMILES string of the molecule is CC1=Nc2c(Nc3ccccc3S(C)(=O)=O)cc(Cc3cc4c(nn3)CCC4)nc2C1. The molecule has 0 radical (unpaired) electrons. The number of fused-ring (bicyclic) bond motifs is 2. The van der Waals surface area contributed by atoms with Gasteiger partial charge in [0.25, 0.3) is 0 Å². The van der Waals surface area contributed by atoms with Crippen molar-refractivity contribution in [1.82, 2.24) is 15.2 Å². The first-order chi connectivity index (χ1) is 14.9. The van der Waals surface area contributed by atoms with Gasteiger partial charge in [-0.1, -0.05) is 12.1 Å². The van der Waals surface area contributed by atoms with Gasteiger partial charge in [0.1, 0.15) is 5.69 Å². The molecule has 3 aromatic rings. The molecule has 158 valence electrons. The molecule has 31 heavy (non-hydrogen) atoms. The fraction of sp³-hybridized carbons (Fsp3) is 0.304. The summed E-state index contributed by atoms with van der Waals surface area (Å²) in [5.41, 5.74) is 8.06. The van der Waals surface area contributed by atoms with E-state index in [9.17, 15) is 8.42 Å². The summed E-state index contributed by atoms with van der Waals surface area (Å²) in [5, 5.41) is 12.1. The summed E-state index contributed by atoms with van der Waals surface area (Å²) < 4.78 is 24.5. The van der Waals surface area contributed by atoms with E-state index in [2.05, 4.69) is 26.6 Å². The molecule has 0 amide bonds. The second-order valence-corrected chi connectivity index (χ2v) is 10.2. The van der Waals surface area contributed by atoms with Gasteiger partial charge in [0.2, 0.25) is 0 Å². The number of sulfone groups is 1. The third-order valence-electron chi connectivity index (χ3n) is 5.63. The number of nitrogens with zero attached hydrogens (tertiary/aromatic N) is 4. The zero-order valence-electron chi connectivity index (χ0n) is 17.5. The molecular weight excluding hydrogens is 410 g/mol. The number of hydrogen-bond donors (Lipinski definition) is 1. The summed E-state index contributed by atoms with van der Waals surface area (Å²) in [7, 11) is -3.38. The van der Waals surface area contributed by atoms with Crippen LogP contribution in [0.1, 0.15) is 41.7 Å². The average Bonchev–Trinajstić information content (AvgIpc) is 3.33. The molecular formula is C23H23N5O2S. The van der Waals surface area contributed by atoms with Gasteiger partial charge < -0.3 is 5.32 Å². The molecule has 5 rings (SSSR count). The van der Waals surface area contributed by atoms with Crippen LogP contribution >= 0.6 is 0 Å². The van der Waals surface area contributed by atoms with Crippen molar-refractivity contribution >= 4 is 32.6 Å². The van der Waals surface area contributed by atoms with Gasteiger partial charge in [-0.25, -0.2) is 8.42 Å². The summed E-state index contributed by atoms with van der Waals surface area (Å²) in [5.74, 6) is 0. The number of aromatic nitrogens is 3. The number of aliphatic imine (C=N–C) groups is 1. The lowest BCUT2D eigenvalue weighted by molar-refractivity contribution is 0.602. The van der Waals surface area contributed by atoms with E-state index in [0.717, 1.165) is 59.1 Å². The van der Waals surface area contributed by atoms with E-state index < -0.39 is 9.84 Å². The number of anilines is 2. The number of aryl methyl sites for hydroxylation is 2. The van der Waals surface area contributed by atoms with Crippen molar-refractivity contribution in [3.8, 4) is 0 Å². The van der Waals surface area contributed by atoms with Crippen LogP contribution in [-0.4, -0.2) is 35.6 Å². The Labute approximate surface area is 181 Å². The van der Waals surface area contributed by atoms with Crippen LogP contribution in [-0.2, 0) is 35.5 Å². The zero-order chi connectivity index (χ0) is 21.6. The van der Waals surface area contributed by atoms with Crippen LogP contribution in [0.15, 0.2) is 46.3 Å². The second-order valence-electron chi connectivity index (χ2n) is 8.21. The fourth-order valence-electron chi connectivity index (χ4n) is 4.24. The lowest BCUT2D eigenvalue weighted by Gasteiger charge is -2.14. The van der Waals surface area contributed by atoms with Gasteiger partial charge in [0, 0.05) is 30.5 Å². The Morgan fingerprint density at radius 3 is 2.68 bits per heavy atom. The molecule has 0 spiro atoms. The van der Waals surface area contributed by atoms with Crippen molar-refractivity contribution in [3.63, 3.8) is 0 Å². The highest BCUT2D eigenvalue weighted by Crippen LogP contribution is 2.37. The van der Waals surface area contributed by atoms with Crippen LogP contribution in [0.25, 0.3) is 0 Å². The van der Waals surface area contributed by atoms with Gasteiger partial charge >= 0.3 is 0 Å². The molecule has 1 N–H and O–H groups in total. The molecule has 0 fully saturated rings. The third kappa shape index (κ3) is 3.95. The van der Waals surface area contributed by atoms with Crippen LogP contribution in [0.4, 0.5) is 17.1 Å². The Bertz CT molecular complexity index is 1330. The molecule has 0 saturated heterocycles. The first-order valence-corrected chi connectivity index (χ1v) is 12.2. The quantitative estimate of drug-likeness (QED) is 0.658. The van der Waals surface area contributed by atoms with Gasteiger partial charge in [-0.3, -0.25) is 9.98 Å². The van der Waals surface area contributed by atoms with E-state index in [0.29, 0.717) is 18.5 Å². The Morgan fingerprint density at radius 1 is 1.00 bits per heavy atom. The molecule has 1 aliphatic carbocycles. The van der Waals surface area contributed by atoms with E-state index in [4.69, 9.17) is 4.98 Å². The normalized spacial score (nSPS) is 14.8. The number of hydrogen-bond acceptors (Lipinski definition) is 7. The van der Waals surface area contributed by atoms with Crippen LogP contribution in [0.5, 0.6) is 0 Å². The molecule has 7 nitrogen and oxygen atoms in total. The maximum Gasteiger partial charge on any atom is 0.177 e. The number of nitrogens with one attached hydrogen (secondary N) is 1. The van der Waals surface area contributed by atoms with Gasteiger partial charge in [0.15, 0.2) is 9.84 Å². The zero-order valence-corrected chi connectivity index (χ0v) is 18.3. The number of rotatable bonds is 5. The Hall–Kier alpha value is -3.13. The Balaban J connectivity index is 1.53. The first kappa shape index (κ1) is 19.8. The maximum atomic E-state index is 12.2. The lowest BCUT2D eigenvalue weighted by Crippen LogP contribution is -2.05. The second kappa shape index (κ2) is 7.53. The van der Waals surface area contributed by atoms with Crippen LogP contribution < -0.4 is 5.32 Å². The smallest absolute Gasteiger partial charge is 0.177 e. The highest BCUT2D eigenvalue weighted by molar-refractivity contribution is 7.90. The topological polar surface area (TPSA) is 97.2 Å². The molecule has 0 atom stereocenters. The predicted molar refractivity (Wildman–Crippen MR) is 120 cm³/mol. The van der Waals surface area contributed by atoms with E-state index in [1.807, 2.05) is 19.1 Å². The molecule has 2 aliphatic rings. The molecule has 2 aromatic heterocycles. The summed E-state index contributed by atoms with van der Waals surface area (Å²) >= 11 is 0. The fourth-order valence-corrected chi connectivity index (χ4v) is 5.09. The lowest BCUT2D eigenvalue weighted by atomic mass is 10.1. The number of para-hydroxylation sites is 1. The van der Waals surface area contributed by atoms with E-state index in [1.54, 1.807) is 18.2 Å². The van der Waals surface area contributed by atoms with Crippen molar-refractivity contribution in [1.29, 1.82) is 0 Å². The molecule has 1 aliphatic heterocycles. The molecule has 8 heteroatoms. The summed E-state index contributed by atoms with van der Waals surface area (Å²) in [6, 6.07) is 11.0. The van der Waals surface area contributed by atoms with Crippen molar-refractivity contribution in [2.75, 3.05) is 11.6 Å². The third-order valence-corrected chi connectivity index (χ3v) is 6.79. The summed E-state index contributed by atoms with van der Waals surface area (Å²) in [4.78, 5) is 9.73. The highest BCUT2D eigenvalue weighted by Gasteiger charge is 2.21. The largest absolute Gasteiger partial charge is 0.353 e. The molecule has 0 bridgehead atoms. The van der Waals surface area contributed by atoms with Gasteiger partial charge in [-0.15, -0.1) is 0 Å². The maximum absolute atomic E-state index is 12.2. The van der Waals surface area contributed by atoms with E-state index in [1.165, 1.54) is 11.8 Å². The molecule has 3 heterocycles. The van der Waals surface area contributed by atoms with Crippen molar-refractivity contribution in [3.05, 3.63) is 64.7 Å². The minimum absolute atomic E-state index is 0.255. The standard InChI is InChI=1S/C23H23N5O2S/c1-14-10-20-23(24-14)21(26-19-7-3-4-9-22(19)31(2,29)30)13-16(25-20)12-17-11-15-6-5-8-18(15)28-27-17/h3-4,7,9,11,13H,5-6,8,10,12H2,1-2H3,(H,25,26). The molecule has 1 aromatic carbocycles. The Morgan fingerprint density at radius 2 is 1.84 bits per heavy atom. The minimum Gasteiger partial charge on any atom is -0.353 e. The Kier molecular flexibility index (Phi) is 4.81. The molecule has 0 saturated carbocycles. The van der Waals surface area contributed by atoms with E-state index in [-0.39, 0.29) is 4.90 Å². The monoisotopic (exact) mass is 433 g/mol. The van der Waals surface area contributed by atoms with Gasteiger partial charge in [-0.2, -0.15) is 10.2 Å². The van der Waals surface area contributed by atoms with Crippen molar-refractivity contribution < 1.29 is 8.42 Å². The van der Waals surface area contributed by atoms with Crippen LogP contribution in [0, 0.1) is 0 Å². The highest BCUT2D eigenvalue weighted by atomic mass is 32.2. The van der Waals surface area contributed by atoms with Crippen LogP contribution in [0.3, 0.4) is 0 Å². The number of pyridine rings is 1. The summed E-state index contributed by atoms with van der Waals surface area (Å²) in [6.45, 7) is 1.97. The minimum atomic E-state index is -3.38. The van der Waals surface area contributed by atoms with E-state index >= 15 is 0 Å². The van der Waals surface area contributed by atoms with Crippen molar-refractivity contribution in [2.45, 2.75) is 43.9 Å². The van der Waals surface area contributed by atoms with Gasteiger partial charge in [-0.05, 0) is 56.0 Å². The van der Waals surface area contributed by atoms with Crippen LogP contribution in [0.2, 0.25) is 0 Å². The molecule has 0 unspecified atom stereocenters. The number of benzene rings is 1.